The van der Waals surface area contributed by atoms with Crippen LogP contribution < -0.4 is 0 Å². The van der Waals surface area contributed by atoms with Gasteiger partial charge in [-0.05, 0) is 71.3 Å². The maximum Gasteiger partial charge on any atom is 0.410 e. The van der Waals surface area contributed by atoms with Crippen LogP contribution in [-0.2, 0) is 25.8 Å². The van der Waals surface area contributed by atoms with Gasteiger partial charge in [-0.1, -0.05) is 12.1 Å². The Morgan fingerprint density at radius 1 is 1.06 bits per heavy atom. The Hall–Kier alpha value is -2.13. The third-order valence-corrected chi connectivity index (χ3v) is 6.72. The molecule has 2 rings (SSSR count). The lowest BCUT2D eigenvalue weighted by molar-refractivity contribution is -0.130. The van der Waals surface area contributed by atoms with Crippen LogP contribution in [-0.4, -0.2) is 93.3 Å². The molecule has 1 aromatic carbocycles. The second-order valence-corrected chi connectivity index (χ2v) is 11.8. The summed E-state index contributed by atoms with van der Waals surface area (Å²) >= 11 is 0. The van der Waals surface area contributed by atoms with Gasteiger partial charge in [-0.25, -0.2) is 13.2 Å². The normalized spacial score (nSPS) is 15.6. The molecule has 0 unspecified atom stereocenters. The Labute approximate surface area is 198 Å². The molecular weight excluding hydrogens is 442 g/mol. The minimum atomic E-state index is -3.16. The van der Waals surface area contributed by atoms with Gasteiger partial charge in [0.2, 0.25) is 5.91 Å². The van der Waals surface area contributed by atoms with E-state index in [-0.39, 0.29) is 12.0 Å². The van der Waals surface area contributed by atoms with Gasteiger partial charge in [0.15, 0.2) is 9.84 Å². The summed E-state index contributed by atoms with van der Waals surface area (Å²) in [5, 5.41) is 0. The van der Waals surface area contributed by atoms with Crippen LogP contribution in [0.25, 0.3) is 0 Å². The average molecular weight is 482 g/mol. The van der Waals surface area contributed by atoms with Gasteiger partial charge in [0.25, 0.3) is 0 Å². The largest absolute Gasteiger partial charge is 0.444 e. The number of ether oxygens (including phenoxy) is 1. The highest BCUT2D eigenvalue weighted by molar-refractivity contribution is 7.90. The molecule has 2 amide bonds. The maximum absolute atomic E-state index is 12.4. The number of amides is 2. The third kappa shape index (κ3) is 9.71. The average Bonchev–Trinajstić information content (AvgIpc) is 2.90. The molecule has 1 saturated heterocycles. The molecule has 0 aliphatic carbocycles. The van der Waals surface area contributed by atoms with E-state index in [9.17, 15) is 18.0 Å². The standard InChI is InChI=1S/C24H39N3O5S/c1-24(2,3)32-23(29)27-17-13-22(28)26(18-19-27)15-7-6-14-25(4)16-12-20-8-10-21(11-9-20)33(5,30)31/h8-11H,6-7,12-19H2,1-5H3. The lowest BCUT2D eigenvalue weighted by atomic mass is 10.1. The van der Waals surface area contributed by atoms with Crippen LogP contribution >= 0.6 is 0 Å². The monoisotopic (exact) mass is 481 g/mol. The molecule has 9 heteroatoms. The van der Waals surface area contributed by atoms with Crippen LogP contribution in [0.5, 0.6) is 0 Å². The van der Waals surface area contributed by atoms with Crippen molar-refractivity contribution in [3.05, 3.63) is 29.8 Å². The second kappa shape index (κ2) is 11.8. The Balaban J connectivity index is 1.68. The molecule has 0 bridgehead atoms. The van der Waals surface area contributed by atoms with Crippen molar-refractivity contribution in [3.8, 4) is 0 Å². The summed E-state index contributed by atoms with van der Waals surface area (Å²) in [7, 11) is -1.09. The number of hydrogen-bond acceptors (Lipinski definition) is 6. The van der Waals surface area contributed by atoms with Gasteiger partial charge in [0.1, 0.15) is 5.60 Å². The molecule has 1 aliphatic rings. The zero-order chi connectivity index (χ0) is 24.6. The predicted octanol–water partition coefficient (Wildman–Crippen LogP) is 2.81. The summed E-state index contributed by atoms with van der Waals surface area (Å²) < 4.78 is 28.5. The summed E-state index contributed by atoms with van der Waals surface area (Å²) in [6.07, 6.45) is 3.92. The lowest BCUT2D eigenvalue weighted by Crippen LogP contribution is -2.39. The van der Waals surface area contributed by atoms with E-state index in [1.807, 2.05) is 37.8 Å². The molecule has 0 atom stereocenters. The van der Waals surface area contributed by atoms with Crippen LogP contribution in [0.4, 0.5) is 4.79 Å². The van der Waals surface area contributed by atoms with Gasteiger partial charge >= 0.3 is 6.09 Å². The van der Waals surface area contributed by atoms with E-state index in [0.717, 1.165) is 37.9 Å². The molecule has 1 heterocycles. The van der Waals surface area contributed by atoms with Gasteiger partial charge in [0.05, 0.1) is 4.90 Å². The van der Waals surface area contributed by atoms with Gasteiger partial charge < -0.3 is 19.4 Å². The third-order valence-electron chi connectivity index (χ3n) is 5.59. The highest BCUT2D eigenvalue weighted by Crippen LogP contribution is 2.14. The molecule has 33 heavy (non-hydrogen) atoms. The molecule has 0 saturated carbocycles. The van der Waals surface area contributed by atoms with E-state index in [2.05, 4.69) is 11.9 Å². The highest BCUT2D eigenvalue weighted by atomic mass is 32.2. The van der Waals surface area contributed by atoms with Crippen molar-refractivity contribution in [2.24, 2.45) is 0 Å². The SMILES string of the molecule is CN(CCCCN1CCN(C(=O)OC(C)(C)C)CCC1=O)CCc1ccc(S(C)(=O)=O)cc1. The Morgan fingerprint density at radius 2 is 1.73 bits per heavy atom. The highest BCUT2D eigenvalue weighted by Gasteiger charge is 2.27. The van der Waals surface area contributed by atoms with Crippen molar-refractivity contribution in [2.75, 3.05) is 52.6 Å². The number of hydrogen-bond donors (Lipinski definition) is 0. The molecule has 0 spiro atoms. The minimum absolute atomic E-state index is 0.0898. The molecule has 1 aliphatic heterocycles. The topological polar surface area (TPSA) is 87.2 Å². The first kappa shape index (κ1) is 27.1. The predicted molar refractivity (Wildman–Crippen MR) is 129 cm³/mol. The van der Waals surface area contributed by atoms with Gasteiger partial charge in [0, 0.05) is 45.4 Å². The van der Waals surface area contributed by atoms with Crippen LogP contribution in [0, 0.1) is 0 Å². The molecule has 0 N–H and O–H groups in total. The zero-order valence-electron chi connectivity index (χ0n) is 20.7. The number of carbonyl (C=O) groups is 2. The smallest absolute Gasteiger partial charge is 0.410 e. The molecule has 8 nitrogen and oxygen atoms in total. The van der Waals surface area contributed by atoms with Crippen LogP contribution in [0.15, 0.2) is 29.2 Å². The fourth-order valence-electron chi connectivity index (χ4n) is 3.63. The van der Waals surface area contributed by atoms with E-state index < -0.39 is 15.4 Å². The molecule has 0 aromatic heterocycles. The summed E-state index contributed by atoms with van der Waals surface area (Å²) in [4.78, 5) is 30.8. The number of carbonyl (C=O) groups excluding carboxylic acids is 2. The van der Waals surface area contributed by atoms with E-state index in [1.54, 1.807) is 17.0 Å². The second-order valence-electron chi connectivity index (χ2n) is 9.77. The first-order chi connectivity index (χ1) is 15.3. The van der Waals surface area contributed by atoms with E-state index >= 15 is 0 Å². The van der Waals surface area contributed by atoms with E-state index in [0.29, 0.717) is 37.5 Å². The quantitative estimate of drug-likeness (QED) is 0.504. The Kier molecular flexibility index (Phi) is 9.72. The Bertz CT molecular complexity index is 894. The number of likely N-dealkylation sites (N-methyl/N-ethyl adjacent to an activating group) is 1. The van der Waals surface area contributed by atoms with E-state index in [1.165, 1.54) is 6.26 Å². The van der Waals surface area contributed by atoms with Crippen molar-refractivity contribution in [2.45, 2.75) is 57.0 Å². The minimum Gasteiger partial charge on any atom is -0.444 e. The van der Waals surface area contributed by atoms with Crippen molar-refractivity contribution in [1.82, 2.24) is 14.7 Å². The first-order valence-electron chi connectivity index (χ1n) is 11.6. The van der Waals surface area contributed by atoms with Crippen molar-refractivity contribution < 1.29 is 22.7 Å². The molecule has 0 radical (unpaired) electrons. The maximum atomic E-state index is 12.4. The molecular formula is C24H39N3O5S. The van der Waals surface area contributed by atoms with Crippen LogP contribution in [0.3, 0.4) is 0 Å². The van der Waals surface area contributed by atoms with Crippen molar-refractivity contribution in [1.29, 1.82) is 0 Å². The zero-order valence-corrected chi connectivity index (χ0v) is 21.5. The molecule has 186 valence electrons. The fourth-order valence-corrected chi connectivity index (χ4v) is 4.26. The van der Waals surface area contributed by atoms with E-state index in [4.69, 9.17) is 4.74 Å². The fraction of sp³-hybridized carbons (Fsp3) is 0.667. The lowest BCUT2D eigenvalue weighted by Gasteiger charge is -2.26. The van der Waals surface area contributed by atoms with Gasteiger partial charge in [-0.15, -0.1) is 0 Å². The number of sulfone groups is 1. The van der Waals surface area contributed by atoms with Crippen LogP contribution in [0.2, 0.25) is 0 Å². The van der Waals surface area contributed by atoms with Crippen molar-refractivity contribution in [3.63, 3.8) is 0 Å². The summed E-state index contributed by atoms with van der Waals surface area (Å²) in [5.41, 5.74) is 0.567. The van der Waals surface area contributed by atoms with Crippen molar-refractivity contribution >= 4 is 21.8 Å². The summed E-state index contributed by atoms with van der Waals surface area (Å²) in [6, 6.07) is 7.06. The van der Waals surface area contributed by atoms with Gasteiger partial charge in [-0.3, -0.25) is 4.79 Å². The van der Waals surface area contributed by atoms with Crippen LogP contribution in [0.1, 0.15) is 45.6 Å². The summed E-state index contributed by atoms with van der Waals surface area (Å²) in [5.74, 6) is 0.0898. The Morgan fingerprint density at radius 3 is 2.33 bits per heavy atom. The summed E-state index contributed by atoms with van der Waals surface area (Å²) in [6.45, 7) is 9.46. The van der Waals surface area contributed by atoms with Gasteiger partial charge in [-0.2, -0.15) is 0 Å². The first-order valence-corrected chi connectivity index (χ1v) is 13.5. The molecule has 1 fully saturated rings. The number of benzene rings is 1. The molecule has 1 aromatic rings. The number of unbranched alkanes of at least 4 members (excludes halogenated alkanes) is 1. The number of nitrogens with zero attached hydrogens (tertiary/aromatic N) is 3. The number of rotatable bonds is 9.